The molecule has 0 fully saturated rings. The number of nitrogens with zero attached hydrogens (tertiary/aromatic N) is 4. The van der Waals surface area contributed by atoms with Crippen molar-refractivity contribution in [1.82, 2.24) is 19.7 Å². The van der Waals surface area contributed by atoms with Gasteiger partial charge in [-0.25, -0.2) is 14.8 Å². The molecule has 21 heavy (non-hydrogen) atoms. The Morgan fingerprint density at radius 2 is 2.19 bits per heavy atom. The number of methoxy groups -OCH3 is 1. The molecule has 3 rings (SSSR count). The quantitative estimate of drug-likeness (QED) is 0.683. The molecule has 0 saturated carbocycles. The lowest BCUT2D eigenvalue weighted by Crippen LogP contribution is -2.07. The van der Waals surface area contributed by atoms with Gasteiger partial charge >= 0.3 is 5.97 Å². The minimum absolute atomic E-state index is 0.311. The maximum atomic E-state index is 11.3. The molecule has 0 aliphatic heterocycles. The van der Waals surface area contributed by atoms with E-state index in [2.05, 4.69) is 19.8 Å². The summed E-state index contributed by atoms with van der Waals surface area (Å²) in [5.74, 6) is -0.429. The molecule has 0 saturated heterocycles. The standard InChI is InChI=1S/C15H14N4O2/c1-21-15(20)13-7-10-19(18-13)9-6-12-5-4-11-3-2-8-16-14(11)17-12/h2-5,7-8,10H,6,9H2,1H3. The first kappa shape index (κ1) is 13.2. The van der Waals surface area contributed by atoms with Gasteiger partial charge in [-0.15, -0.1) is 0 Å². The summed E-state index contributed by atoms with van der Waals surface area (Å²) in [6.45, 7) is 0.641. The van der Waals surface area contributed by atoms with E-state index >= 15 is 0 Å². The van der Waals surface area contributed by atoms with E-state index in [0.717, 1.165) is 23.1 Å². The van der Waals surface area contributed by atoms with Crippen molar-refractivity contribution in [2.24, 2.45) is 0 Å². The van der Waals surface area contributed by atoms with Crippen LogP contribution in [0, 0.1) is 0 Å². The van der Waals surface area contributed by atoms with E-state index < -0.39 is 5.97 Å². The molecule has 3 aromatic heterocycles. The van der Waals surface area contributed by atoms with E-state index in [9.17, 15) is 4.79 Å². The second kappa shape index (κ2) is 5.70. The highest BCUT2D eigenvalue weighted by molar-refractivity contribution is 5.86. The minimum atomic E-state index is -0.429. The topological polar surface area (TPSA) is 69.9 Å². The second-order valence-corrected chi connectivity index (χ2v) is 4.56. The minimum Gasteiger partial charge on any atom is -0.464 e. The highest BCUT2D eigenvalue weighted by atomic mass is 16.5. The third-order valence-electron chi connectivity index (χ3n) is 3.15. The van der Waals surface area contributed by atoms with E-state index in [1.165, 1.54) is 7.11 Å². The summed E-state index contributed by atoms with van der Waals surface area (Å²) in [5, 5.41) is 5.18. The first-order valence-corrected chi connectivity index (χ1v) is 6.59. The Morgan fingerprint density at radius 1 is 1.29 bits per heavy atom. The number of esters is 1. The fourth-order valence-corrected chi connectivity index (χ4v) is 2.06. The molecule has 6 heteroatoms. The highest BCUT2D eigenvalue weighted by Gasteiger charge is 2.09. The number of hydrogen-bond acceptors (Lipinski definition) is 5. The Morgan fingerprint density at radius 3 is 3.05 bits per heavy atom. The smallest absolute Gasteiger partial charge is 0.358 e. The van der Waals surface area contributed by atoms with Crippen LogP contribution in [-0.2, 0) is 17.7 Å². The Bertz CT molecular complexity index is 782. The SMILES string of the molecule is COC(=O)c1ccn(CCc2ccc3cccnc3n2)n1. The molecule has 6 nitrogen and oxygen atoms in total. The number of aryl methyl sites for hydroxylation is 2. The van der Waals surface area contributed by atoms with Gasteiger partial charge in [-0.3, -0.25) is 4.68 Å². The van der Waals surface area contributed by atoms with Crippen LogP contribution in [0.3, 0.4) is 0 Å². The number of fused-ring (bicyclic) bond motifs is 1. The number of hydrogen-bond donors (Lipinski definition) is 0. The normalized spacial score (nSPS) is 10.7. The van der Waals surface area contributed by atoms with Crippen LogP contribution in [0.4, 0.5) is 0 Å². The lowest BCUT2D eigenvalue weighted by atomic mass is 10.2. The molecule has 0 spiro atoms. The predicted octanol–water partition coefficient (Wildman–Crippen LogP) is 1.86. The number of rotatable bonds is 4. The molecule has 0 unspecified atom stereocenters. The molecule has 0 bridgehead atoms. The van der Waals surface area contributed by atoms with Gasteiger partial charge < -0.3 is 4.74 Å². The van der Waals surface area contributed by atoms with Crippen molar-refractivity contribution in [3.05, 3.63) is 54.1 Å². The fraction of sp³-hybridized carbons (Fsp3) is 0.200. The van der Waals surface area contributed by atoms with E-state index in [0.29, 0.717) is 12.2 Å². The third kappa shape index (κ3) is 2.89. The summed E-state index contributed by atoms with van der Waals surface area (Å²) in [6.07, 6.45) is 4.20. The molecule has 0 N–H and O–H groups in total. The highest BCUT2D eigenvalue weighted by Crippen LogP contribution is 2.10. The molecule has 0 radical (unpaired) electrons. The maximum Gasteiger partial charge on any atom is 0.358 e. The Labute approximate surface area is 121 Å². The number of carbonyl (C=O) groups excluding carboxylic acids is 1. The first-order valence-electron chi connectivity index (χ1n) is 6.59. The van der Waals surface area contributed by atoms with Gasteiger partial charge in [-0.2, -0.15) is 5.10 Å². The molecule has 0 aliphatic carbocycles. The summed E-state index contributed by atoms with van der Waals surface area (Å²) in [7, 11) is 1.34. The van der Waals surface area contributed by atoms with Crippen molar-refractivity contribution in [3.63, 3.8) is 0 Å². The number of ether oxygens (including phenoxy) is 1. The van der Waals surface area contributed by atoms with Crippen LogP contribution >= 0.6 is 0 Å². The van der Waals surface area contributed by atoms with Crippen molar-refractivity contribution in [2.45, 2.75) is 13.0 Å². The zero-order chi connectivity index (χ0) is 14.7. The van der Waals surface area contributed by atoms with Crippen LogP contribution < -0.4 is 0 Å². The predicted molar refractivity (Wildman–Crippen MR) is 76.8 cm³/mol. The summed E-state index contributed by atoms with van der Waals surface area (Å²) in [6, 6.07) is 9.50. The summed E-state index contributed by atoms with van der Waals surface area (Å²) >= 11 is 0. The molecule has 0 aromatic carbocycles. The molecule has 0 aliphatic rings. The summed E-state index contributed by atoms with van der Waals surface area (Å²) in [5.41, 5.74) is 1.99. The van der Waals surface area contributed by atoms with Gasteiger partial charge in [0, 0.05) is 36.4 Å². The molecule has 3 heterocycles. The van der Waals surface area contributed by atoms with E-state index in [1.807, 2.05) is 24.3 Å². The molecule has 3 aromatic rings. The van der Waals surface area contributed by atoms with Crippen molar-refractivity contribution in [2.75, 3.05) is 7.11 Å². The largest absolute Gasteiger partial charge is 0.464 e. The van der Waals surface area contributed by atoms with Crippen LogP contribution in [0.15, 0.2) is 42.7 Å². The molecular weight excluding hydrogens is 268 g/mol. The van der Waals surface area contributed by atoms with Gasteiger partial charge in [0.2, 0.25) is 0 Å². The van der Waals surface area contributed by atoms with Gasteiger partial charge in [0.15, 0.2) is 11.3 Å². The average molecular weight is 282 g/mol. The van der Waals surface area contributed by atoms with Gasteiger partial charge in [0.1, 0.15) is 0 Å². The van der Waals surface area contributed by atoms with E-state index in [1.54, 1.807) is 23.1 Å². The zero-order valence-electron chi connectivity index (χ0n) is 11.6. The van der Waals surface area contributed by atoms with Crippen LogP contribution in [0.2, 0.25) is 0 Å². The lowest BCUT2D eigenvalue weighted by Gasteiger charge is -2.03. The molecule has 0 atom stereocenters. The molecule has 0 amide bonds. The summed E-state index contributed by atoms with van der Waals surface area (Å²) in [4.78, 5) is 20.1. The van der Waals surface area contributed by atoms with Crippen LogP contribution in [-0.4, -0.2) is 32.8 Å². The second-order valence-electron chi connectivity index (χ2n) is 4.56. The van der Waals surface area contributed by atoms with Gasteiger partial charge in [-0.05, 0) is 30.3 Å². The summed E-state index contributed by atoms with van der Waals surface area (Å²) < 4.78 is 6.33. The van der Waals surface area contributed by atoms with E-state index in [-0.39, 0.29) is 0 Å². The van der Waals surface area contributed by atoms with Gasteiger partial charge in [0.25, 0.3) is 0 Å². The monoisotopic (exact) mass is 282 g/mol. The number of pyridine rings is 2. The van der Waals surface area contributed by atoms with E-state index in [4.69, 9.17) is 0 Å². The zero-order valence-corrected chi connectivity index (χ0v) is 11.6. The number of aromatic nitrogens is 4. The Kier molecular flexibility index (Phi) is 3.59. The fourth-order valence-electron chi connectivity index (χ4n) is 2.06. The average Bonchev–Trinajstić information content (AvgIpc) is 3.01. The first-order chi connectivity index (χ1) is 10.3. The van der Waals surface area contributed by atoms with Crippen LogP contribution in [0.25, 0.3) is 11.0 Å². The van der Waals surface area contributed by atoms with Crippen molar-refractivity contribution < 1.29 is 9.53 Å². The van der Waals surface area contributed by atoms with Crippen LogP contribution in [0.1, 0.15) is 16.2 Å². The van der Waals surface area contributed by atoms with Crippen LogP contribution in [0.5, 0.6) is 0 Å². The molecular formula is C15H14N4O2. The maximum absolute atomic E-state index is 11.3. The van der Waals surface area contributed by atoms with Crippen molar-refractivity contribution >= 4 is 17.0 Å². The number of carbonyl (C=O) groups is 1. The lowest BCUT2D eigenvalue weighted by molar-refractivity contribution is 0.0593. The van der Waals surface area contributed by atoms with Crippen molar-refractivity contribution in [1.29, 1.82) is 0 Å². The van der Waals surface area contributed by atoms with Crippen molar-refractivity contribution in [3.8, 4) is 0 Å². The Balaban J connectivity index is 1.71. The third-order valence-corrected chi connectivity index (χ3v) is 3.15. The Hall–Kier alpha value is -2.76. The van der Waals surface area contributed by atoms with Gasteiger partial charge in [0.05, 0.1) is 7.11 Å². The molecule has 106 valence electrons. The van der Waals surface area contributed by atoms with Gasteiger partial charge in [-0.1, -0.05) is 0 Å².